The summed E-state index contributed by atoms with van der Waals surface area (Å²) in [6, 6.07) is 6.27. The summed E-state index contributed by atoms with van der Waals surface area (Å²) in [5.41, 5.74) is -0.421. The molecule has 2 aromatic carbocycles. The van der Waals surface area contributed by atoms with Gasteiger partial charge in [0.2, 0.25) is 0 Å². The first-order valence-electron chi connectivity index (χ1n) is 6.48. The van der Waals surface area contributed by atoms with Gasteiger partial charge < -0.3 is 14.8 Å². The molecular weight excluding hydrogens is 342 g/mol. The zero-order chi connectivity index (χ0) is 17.9. The van der Waals surface area contributed by atoms with Crippen molar-refractivity contribution in [2.45, 2.75) is 0 Å². The van der Waals surface area contributed by atoms with E-state index in [0.717, 1.165) is 12.1 Å². The molecule has 0 aliphatic carbocycles. The van der Waals surface area contributed by atoms with Gasteiger partial charge in [0.05, 0.1) is 40.8 Å². The fourth-order valence-corrected chi connectivity index (χ4v) is 2.23. The summed E-state index contributed by atoms with van der Waals surface area (Å²) in [7, 11) is 2.85. The van der Waals surface area contributed by atoms with Crippen LogP contribution in [0.5, 0.6) is 11.5 Å². The first-order valence-corrected chi connectivity index (χ1v) is 6.86. The van der Waals surface area contributed by atoms with Crippen molar-refractivity contribution >= 4 is 34.4 Å². The monoisotopic (exact) mass is 353 g/mol. The highest BCUT2D eigenvalue weighted by Gasteiger charge is 2.21. The number of methoxy groups -OCH3 is 2. The minimum atomic E-state index is -0.715. The van der Waals surface area contributed by atoms with Crippen molar-refractivity contribution in [1.82, 2.24) is 0 Å². The van der Waals surface area contributed by atoms with Crippen molar-refractivity contribution in [3.8, 4) is 11.5 Å². The SMILES string of the molecule is COc1cc(OC)c(Nc2ccc([N+](=O)[O-])cc2[N+](=O)[O-])cc1Cl. The molecule has 0 aliphatic heterocycles. The van der Waals surface area contributed by atoms with Crippen LogP contribution in [0.4, 0.5) is 22.7 Å². The second-order valence-corrected chi connectivity index (χ2v) is 4.93. The molecule has 0 spiro atoms. The molecule has 2 rings (SSSR count). The summed E-state index contributed by atoms with van der Waals surface area (Å²) >= 11 is 6.05. The lowest BCUT2D eigenvalue weighted by Crippen LogP contribution is -2.00. The Labute approximate surface area is 141 Å². The minimum absolute atomic E-state index is 0.0603. The third kappa shape index (κ3) is 3.46. The average Bonchev–Trinajstić information content (AvgIpc) is 2.55. The normalized spacial score (nSPS) is 10.1. The van der Waals surface area contributed by atoms with Crippen LogP contribution in [-0.2, 0) is 0 Å². The summed E-state index contributed by atoms with van der Waals surface area (Å²) in [6.07, 6.45) is 0. The Hall–Kier alpha value is -3.07. The number of anilines is 2. The second kappa shape index (κ2) is 7.01. The summed E-state index contributed by atoms with van der Waals surface area (Å²) < 4.78 is 10.3. The van der Waals surface area contributed by atoms with E-state index in [9.17, 15) is 20.2 Å². The van der Waals surface area contributed by atoms with Crippen molar-refractivity contribution in [2.75, 3.05) is 19.5 Å². The maximum Gasteiger partial charge on any atom is 0.299 e. The number of nitrogens with one attached hydrogen (secondary N) is 1. The van der Waals surface area contributed by atoms with E-state index in [1.54, 1.807) is 0 Å². The Morgan fingerprint density at radius 1 is 0.958 bits per heavy atom. The van der Waals surface area contributed by atoms with Crippen molar-refractivity contribution in [3.63, 3.8) is 0 Å². The second-order valence-electron chi connectivity index (χ2n) is 4.53. The first kappa shape index (κ1) is 17.3. The summed E-state index contributed by atoms with van der Waals surface area (Å²) in [5.74, 6) is 0.709. The van der Waals surface area contributed by atoms with Gasteiger partial charge in [-0.15, -0.1) is 0 Å². The topological polar surface area (TPSA) is 117 Å². The van der Waals surface area contributed by atoms with Crippen LogP contribution in [0, 0.1) is 20.2 Å². The summed E-state index contributed by atoms with van der Waals surface area (Å²) in [6.45, 7) is 0. The fraction of sp³-hybridized carbons (Fsp3) is 0.143. The molecule has 0 saturated heterocycles. The molecule has 0 unspecified atom stereocenters. The van der Waals surface area contributed by atoms with Gasteiger partial charge in [0.25, 0.3) is 11.4 Å². The van der Waals surface area contributed by atoms with Gasteiger partial charge in [0.1, 0.15) is 17.2 Å². The fourth-order valence-electron chi connectivity index (χ4n) is 1.99. The van der Waals surface area contributed by atoms with Crippen LogP contribution in [0.1, 0.15) is 0 Å². The Morgan fingerprint density at radius 2 is 1.62 bits per heavy atom. The Kier molecular flexibility index (Phi) is 5.05. The number of halogens is 1. The molecule has 126 valence electrons. The Bertz CT molecular complexity index is 811. The maximum atomic E-state index is 11.2. The summed E-state index contributed by atoms with van der Waals surface area (Å²) in [4.78, 5) is 20.5. The van der Waals surface area contributed by atoms with Crippen LogP contribution in [0.15, 0.2) is 30.3 Å². The third-order valence-electron chi connectivity index (χ3n) is 3.13. The van der Waals surface area contributed by atoms with Crippen molar-refractivity contribution < 1.29 is 19.3 Å². The van der Waals surface area contributed by atoms with Crippen LogP contribution in [0.2, 0.25) is 5.02 Å². The molecule has 0 atom stereocenters. The highest BCUT2D eigenvalue weighted by atomic mass is 35.5. The quantitative estimate of drug-likeness (QED) is 0.617. The zero-order valence-corrected chi connectivity index (χ0v) is 13.4. The molecule has 0 aliphatic rings. The number of nitrogens with zero attached hydrogens (tertiary/aromatic N) is 2. The molecule has 9 nitrogen and oxygen atoms in total. The molecular formula is C14H12ClN3O6. The van der Waals surface area contributed by atoms with E-state index in [1.165, 1.54) is 32.4 Å². The van der Waals surface area contributed by atoms with Crippen LogP contribution in [-0.4, -0.2) is 24.1 Å². The maximum absolute atomic E-state index is 11.2. The lowest BCUT2D eigenvalue weighted by Gasteiger charge is -2.14. The minimum Gasteiger partial charge on any atom is -0.495 e. The predicted molar refractivity (Wildman–Crippen MR) is 87.6 cm³/mol. The Morgan fingerprint density at radius 3 is 2.17 bits per heavy atom. The number of non-ortho nitro benzene ring substituents is 1. The van der Waals surface area contributed by atoms with E-state index in [-0.39, 0.29) is 16.4 Å². The number of hydrogen-bond donors (Lipinski definition) is 1. The lowest BCUT2D eigenvalue weighted by atomic mass is 10.2. The number of nitro groups is 2. The van der Waals surface area contributed by atoms with Crippen LogP contribution in [0.25, 0.3) is 0 Å². The molecule has 0 aromatic heterocycles. The smallest absolute Gasteiger partial charge is 0.299 e. The molecule has 0 amide bonds. The van der Waals surface area contributed by atoms with E-state index >= 15 is 0 Å². The van der Waals surface area contributed by atoms with Crippen molar-refractivity contribution in [1.29, 1.82) is 0 Å². The van der Waals surface area contributed by atoms with Crippen LogP contribution < -0.4 is 14.8 Å². The first-order chi connectivity index (χ1) is 11.4. The Balaban J connectivity index is 2.49. The van der Waals surface area contributed by atoms with Gasteiger partial charge in [0, 0.05) is 12.1 Å². The number of nitro benzene ring substituents is 2. The van der Waals surface area contributed by atoms with E-state index in [1.807, 2.05) is 0 Å². The highest BCUT2D eigenvalue weighted by molar-refractivity contribution is 6.32. The van der Waals surface area contributed by atoms with Crippen LogP contribution >= 0.6 is 11.6 Å². The van der Waals surface area contributed by atoms with E-state index in [2.05, 4.69) is 5.32 Å². The molecule has 0 saturated carbocycles. The van der Waals surface area contributed by atoms with E-state index in [4.69, 9.17) is 21.1 Å². The van der Waals surface area contributed by atoms with Gasteiger partial charge in [-0.3, -0.25) is 20.2 Å². The largest absolute Gasteiger partial charge is 0.495 e. The number of hydrogen-bond acceptors (Lipinski definition) is 7. The molecule has 0 heterocycles. The van der Waals surface area contributed by atoms with E-state index < -0.39 is 15.5 Å². The van der Waals surface area contributed by atoms with Gasteiger partial charge in [0.15, 0.2) is 0 Å². The van der Waals surface area contributed by atoms with Crippen LogP contribution in [0.3, 0.4) is 0 Å². The number of rotatable bonds is 6. The molecule has 0 fully saturated rings. The molecule has 10 heteroatoms. The molecule has 24 heavy (non-hydrogen) atoms. The van der Waals surface area contributed by atoms with Crippen molar-refractivity contribution in [3.05, 3.63) is 55.6 Å². The zero-order valence-electron chi connectivity index (χ0n) is 12.6. The number of ether oxygens (including phenoxy) is 2. The van der Waals surface area contributed by atoms with Gasteiger partial charge in [-0.25, -0.2) is 0 Å². The average molecular weight is 354 g/mol. The molecule has 0 radical (unpaired) electrons. The molecule has 0 bridgehead atoms. The predicted octanol–water partition coefficient (Wildman–Crippen LogP) is 3.92. The van der Waals surface area contributed by atoms with E-state index in [0.29, 0.717) is 17.2 Å². The highest BCUT2D eigenvalue weighted by Crippen LogP contribution is 2.39. The van der Waals surface area contributed by atoms with Crippen molar-refractivity contribution in [2.24, 2.45) is 0 Å². The van der Waals surface area contributed by atoms with Gasteiger partial charge in [-0.05, 0) is 12.1 Å². The molecule has 1 N–H and O–H groups in total. The van der Waals surface area contributed by atoms with Gasteiger partial charge in [-0.1, -0.05) is 11.6 Å². The third-order valence-corrected chi connectivity index (χ3v) is 3.43. The summed E-state index contributed by atoms with van der Waals surface area (Å²) in [5, 5.41) is 25.0. The van der Waals surface area contributed by atoms with Gasteiger partial charge in [-0.2, -0.15) is 0 Å². The van der Waals surface area contributed by atoms with Gasteiger partial charge >= 0.3 is 0 Å². The standard InChI is InChI=1S/C14H12ClN3O6/c1-23-13-7-14(24-2)11(6-9(13)15)16-10-4-3-8(17(19)20)5-12(10)18(21)22/h3-7,16H,1-2H3. The molecule has 2 aromatic rings. The number of benzene rings is 2. The lowest BCUT2D eigenvalue weighted by molar-refractivity contribution is -0.393.